The fourth-order valence-corrected chi connectivity index (χ4v) is 3.52. The quantitative estimate of drug-likeness (QED) is 0.844. The van der Waals surface area contributed by atoms with Crippen molar-refractivity contribution >= 4 is 42.4 Å². The van der Waals surface area contributed by atoms with Crippen LogP contribution in [0.3, 0.4) is 0 Å². The van der Waals surface area contributed by atoms with Crippen molar-refractivity contribution in [3.63, 3.8) is 0 Å². The number of nitrogens with two attached hydrogens (primary N) is 1. The van der Waals surface area contributed by atoms with E-state index in [0.717, 1.165) is 44.8 Å². The summed E-state index contributed by atoms with van der Waals surface area (Å²) in [6.45, 7) is 5.59. The van der Waals surface area contributed by atoms with Gasteiger partial charge in [-0.05, 0) is 19.1 Å². The molecule has 1 aliphatic carbocycles. The Kier molecular flexibility index (Phi) is 8.93. The van der Waals surface area contributed by atoms with Gasteiger partial charge in [0.2, 0.25) is 0 Å². The molecule has 2 aliphatic rings. The van der Waals surface area contributed by atoms with Crippen molar-refractivity contribution in [3.8, 4) is 0 Å². The van der Waals surface area contributed by atoms with Crippen LogP contribution in [0, 0.1) is 0 Å². The third kappa shape index (κ3) is 5.36. The molecular weight excluding hydrogens is 353 g/mol. The number of rotatable bonds is 5. The smallest absolute Gasteiger partial charge is 0.132 e. The maximum atomic E-state index is 5.88. The molecule has 1 aliphatic heterocycles. The minimum absolute atomic E-state index is 0. The number of aromatic nitrogens is 2. The summed E-state index contributed by atoms with van der Waals surface area (Å²) in [6, 6.07) is 2.54. The lowest BCUT2D eigenvalue weighted by Gasteiger charge is -2.36. The Morgan fingerprint density at radius 3 is 2.48 bits per heavy atom. The molecule has 0 unspecified atom stereocenters. The first-order valence-electron chi connectivity index (χ1n) is 7.80. The fraction of sp³-hybridized carbons (Fsp3) is 0.733. The molecule has 0 aromatic carbocycles. The summed E-state index contributed by atoms with van der Waals surface area (Å²) in [7, 11) is 0. The molecule has 2 heterocycles. The molecule has 5 nitrogen and oxygen atoms in total. The van der Waals surface area contributed by atoms with Crippen LogP contribution in [0.2, 0.25) is 0 Å². The highest BCUT2D eigenvalue weighted by Crippen LogP contribution is 2.35. The zero-order valence-corrected chi connectivity index (χ0v) is 16.0. The van der Waals surface area contributed by atoms with Gasteiger partial charge in [-0.2, -0.15) is 11.8 Å². The topological polar surface area (TPSA) is 58.3 Å². The van der Waals surface area contributed by atoms with E-state index in [4.69, 9.17) is 5.73 Å². The van der Waals surface area contributed by atoms with E-state index in [1.165, 1.54) is 18.0 Å². The van der Waals surface area contributed by atoms with Gasteiger partial charge in [0, 0.05) is 62.2 Å². The molecule has 0 bridgehead atoms. The number of nitrogens with zero attached hydrogens (tertiary/aromatic N) is 4. The van der Waals surface area contributed by atoms with E-state index in [2.05, 4.69) is 32.1 Å². The highest BCUT2D eigenvalue weighted by atomic mass is 35.5. The minimum Gasteiger partial charge on any atom is -0.354 e. The molecule has 1 saturated carbocycles. The third-order valence-corrected chi connectivity index (χ3v) is 5.17. The van der Waals surface area contributed by atoms with Crippen LogP contribution < -0.4 is 10.6 Å². The van der Waals surface area contributed by atoms with Crippen molar-refractivity contribution in [3.05, 3.63) is 18.1 Å². The van der Waals surface area contributed by atoms with E-state index in [9.17, 15) is 0 Å². The van der Waals surface area contributed by atoms with Crippen LogP contribution in [-0.2, 0) is 0 Å². The van der Waals surface area contributed by atoms with E-state index < -0.39 is 0 Å². The Labute approximate surface area is 155 Å². The molecule has 0 radical (unpaired) electrons. The Hall–Kier alpha value is -0.270. The number of hydrogen-bond donors (Lipinski definition) is 1. The van der Waals surface area contributed by atoms with Gasteiger partial charge in [0.05, 0.1) is 0 Å². The Balaban J connectivity index is 0.00000132. The van der Waals surface area contributed by atoms with Gasteiger partial charge in [-0.25, -0.2) is 9.97 Å². The molecule has 2 N–H and O–H groups in total. The largest absolute Gasteiger partial charge is 0.354 e. The summed E-state index contributed by atoms with van der Waals surface area (Å²) < 4.78 is 0. The normalized spacial score (nSPS) is 24.3. The predicted molar refractivity (Wildman–Crippen MR) is 104 cm³/mol. The van der Waals surface area contributed by atoms with Crippen LogP contribution in [0.5, 0.6) is 0 Å². The second-order valence-corrected chi connectivity index (χ2v) is 7.04. The molecule has 1 aromatic rings. The second kappa shape index (κ2) is 9.89. The Morgan fingerprint density at radius 1 is 1.17 bits per heavy atom. The van der Waals surface area contributed by atoms with Crippen molar-refractivity contribution in [2.75, 3.05) is 49.6 Å². The summed E-state index contributed by atoms with van der Waals surface area (Å²) in [4.78, 5) is 13.8. The zero-order chi connectivity index (χ0) is 14.7. The van der Waals surface area contributed by atoms with Crippen LogP contribution in [-0.4, -0.2) is 65.6 Å². The monoisotopic (exact) mass is 379 g/mol. The molecule has 1 aromatic heterocycles. The van der Waals surface area contributed by atoms with Crippen molar-refractivity contribution < 1.29 is 0 Å². The molecule has 23 heavy (non-hydrogen) atoms. The average molecular weight is 380 g/mol. The molecular formula is C15H27Cl2N5S. The van der Waals surface area contributed by atoms with Crippen molar-refractivity contribution in [2.45, 2.75) is 24.8 Å². The van der Waals surface area contributed by atoms with E-state index in [-0.39, 0.29) is 24.8 Å². The minimum atomic E-state index is 0. The van der Waals surface area contributed by atoms with Crippen LogP contribution in [0.4, 0.5) is 5.82 Å². The molecule has 132 valence electrons. The maximum absolute atomic E-state index is 5.88. The number of thioether (sulfide) groups is 1. The summed E-state index contributed by atoms with van der Waals surface area (Å²) in [6.07, 6.45) is 6.03. The van der Waals surface area contributed by atoms with Crippen molar-refractivity contribution in [1.29, 1.82) is 0 Å². The molecule has 0 atom stereocenters. The first kappa shape index (κ1) is 20.8. The molecule has 8 heteroatoms. The van der Waals surface area contributed by atoms with E-state index in [1.54, 1.807) is 6.33 Å². The lowest BCUT2D eigenvalue weighted by molar-refractivity contribution is 0.272. The highest BCUT2D eigenvalue weighted by Gasteiger charge is 2.29. The number of anilines is 1. The lowest BCUT2D eigenvalue weighted by Crippen LogP contribution is -2.47. The zero-order valence-electron chi connectivity index (χ0n) is 13.6. The van der Waals surface area contributed by atoms with E-state index >= 15 is 0 Å². The predicted octanol–water partition coefficient (Wildman–Crippen LogP) is 2.01. The van der Waals surface area contributed by atoms with Crippen molar-refractivity contribution in [1.82, 2.24) is 14.9 Å². The average Bonchev–Trinajstić information content (AvgIpc) is 2.50. The molecule has 3 rings (SSSR count). The molecule has 0 amide bonds. The summed E-state index contributed by atoms with van der Waals surface area (Å²) >= 11 is 1.92. The first-order valence-corrected chi connectivity index (χ1v) is 9.19. The van der Waals surface area contributed by atoms with Crippen LogP contribution in [0.15, 0.2) is 12.4 Å². The van der Waals surface area contributed by atoms with Gasteiger partial charge in [0.25, 0.3) is 0 Å². The van der Waals surface area contributed by atoms with E-state index in [1.807, 2.05) is 11.8 Å². The van der Waals surface area contributed by atoms with Gasteiger partial charge in [-0.15, -0.1) is 24.8 Å². The lowest BCUT2D eigenvalue weighted by atomic mass is 9.78. The standard InChI is InChI=1S/C15H25N5S.2ClH/c1-21-7-6-19-2-4-20(5-3-19)15-10-14(17-11-18-15)12-8-13(16)9-12;;/h10-13H,2-9,16H2,1H3;2*1H. The van der Waals surface area contributed by atoms with Gasteiger partial charge < -0.3 is 10.6 Å². The van der Waals surface area contributed by atoms with Crippen LogP contribution >= 0.6 is 36.6 Å². The molecule has 2 fully saturated rings. The summed E-state index contributed by atoms with van der Waals surface area (Å²) in [5.41, 5.74) is 7.05. The van der Waals surface area contributed by atoms with Crippen LogP contribution in [0.1, 0.15) is 24.5 Å². The van der Waals surface area contributed by atoms with Gasteiger partial charge in [0.15, 0.2) is 0 Å². The fourth-order valence-electron chi connectivity index (χ4n) is 3.08. The Bertz CT molecular complexity index is 465. The van der Waals surface area contributed by atoms with Gasteiger partial charge in [-0.1, -0.05) is 0 Å². The molecule has 1 saturated heterocycles. The third-order valence-electron chi connectivity index (χ3n) is 4.57. The van der Waals surface area contributed by atoms with E-state index in [0.29, 0.717) is 12.0 Å². The summed E-state index contributed by atoms with van der Waals surface area (Å²) in [5, 5.41) is 0. The van der Waals surface area contributed by atoms with Crippen molar-refractivity contribution in [2.24, 2.45) is 5.73 Å². The number of hydrogen-bond acceptors (Lipinski definition) is 6. The number of piperazine rings is 1. The summed E-state index contributed by atoms with van der Waals surface area (Å²) in [5.74, 6) is 2.86. The maximum Gasteiger partial charge on any atom is 0.132 e. The first-order chi connectivity index (χ1) is 10.3. The van der Waals surface area contributed by atoms with Gasteiger partial charge in [-0.3, -0.25) is 4.90 Å². The Morgan fingerprint density at radius 2 is 1.87 bits per heavy atom. The highest BCUT2D eigenvalue weighted by molar-refractivity contribution is 7.98. The van der Waals surface area contributed by atoms with Crippen LogP contribution in [0.25, 0.3) is 0 Å². The van der Waals surface area contributed by atoms with Gasteiger partial charge in [0.1, 0.15) is 12.1 Å². The number of halogens is 2. The SMILES string of the molecule is CSCCN1CCN(c2cc(C3CC(N)C3)ncn2)CC1.Cl.Cl. The van der Waals surface area contributed by atoms with Gasteiger partial charge >= 0.3 is 0 Å². The molecule has 0 spiro atoms. The second-order valence-electron chi connectivity index (χ2n) is 6.05.